The topological polar surface area (TPSA) is 12.9 Å². The lowest BCUT2D eigenvalue weighted by atomic mass is 9.96. The Morgan fingerprint density at radius 3 is 2.50 bits per heavy atom. The van der Waals surface area contributed by atoms with Crippen LogP contribution in [0.1, 0.15) is 43.4 Å². The molecule has 0 radical (unpaired) electrons. The van der Waals surface area contributed by atoms with Crippen LogP contribution < -0.4 is 0 Å². The third-order valence-corrected chi connectivity index (χ3v) is 3.11. The van der Waals surface area contributed by atoms with E-state index in [0.29, 0.717) is 5.92 Å². The summed E-state index contributed by atoms with van der Waals surface area (Å²) >= 11 is 0. The van der Waals surface area contributed by atoms with Gasteiger partial charge in [0.15, 0.2) is 0 Å². The average Bonchev–Trinajstić information content (AvgIpc) is 2.40. The highest BCUT2D eigenvalue weighted by Gasteiger charge is 2.04. The molecule has 0 bridgehead atoms. The van der Waals surface area contributed by atoms with Crippen molar-refractivity contribution in [2.24, 2.45) is 0 Å². The summed E-state index contributed by atoms with van der Waals surface area (Å²) in [6.45, 7) is 6.57. The van der Waals surface area contributed by atoms with Crippen LogP contribution in [0, 0.1) is 0 Å². The number of allylic oxidation sites excluding steroid dienone is 1. The minimum atomic E-state index is 0.517. The molecule has 1 aromatic carbocycles. The number of hydrogen-bond donors (Lipinski definition) is 0. The lowest BCUT2D eigenvalue weighted by Crippen LogP contribution is -1.93. The molecule has 92 valence electrons. The van der Waals surface area contributed by atoms with Crippen LogP contribution in [-0.2, 0) is 0 Å². The van der Waals surface area contributed by atoms with Crippen LogP contribution in [0.2, 0.25) is 0 Å². The van der Waals surface area contributed by atoms with Gasteiger partial charge in [0, 0.05) is 12.4 Å². The van der Waals surface area contributed by atoms with E-state index >= 15 is 0 Å². The van der Waals surface area contributed by atoms with E-state index in [-0.39, 0.29) is 0 Å². The maximum atomic E-state index is 4.23. The van der Waals surface area contributed by atoms with Gasteiger partial charge in [-0.1, -0.05) is 44.2 Å². The van der Waals surface area contributed by atoms with Crippen molar-refractivity contribution in [2.45, 2.75) is 26.7 Å². The minimum Gasteiger partial charge on any atom is -0.264 e. The lowest BCUT2D eigenvalue weighted by Gasteiger charge is -2.10. The van der Waals surface area contributed by atoms with E-state index < -0.39 is 0 Å². The van der Waals surface area contributed by atoms with Crippen LogP contribution in [0.4, 0.5) is 0 Å². The van der Waals surface area contributed by atoms with Crippen LogP contribution in [-0.4, -0.2) is 4.98 Å². The molecule has 1 heterocycles. The highest BCUT2D eigenvalue weighted by Crippen LogP contribution is 2.23. The predicted molar refractivity (Wildman–Crippen MR) is 78.3 cm³/mol. The smallest absolute Gasteiger partial charge is 0.0343 e. The zero-order chi connectivity index (χ0) is 13.0. The Labute approximate surface area is 109 Å². The first-order valence-electron chi connectivity index (χ1n) is 6.36. The monoisotopic (exact) mass is 237 g/mol. The molecule has 18 heavy (non-hydrogen) atoms. The third kappa shape index (κ3) is 2.86. The molecule has 0 saturated heterocycles. The first kappa shape index (κ1) is 12.6. The van der Waals surface area contributed by atoms with Gasteiger partial charge in [0.1, 0.15) is 0 Å². The molecule has 0 fully saturated rings. The molecule has 0 N–H and O–H groups in total. The van der Waals surface area contributed by atoms with Crippen LogP contribution in [0.15, 0.2) is 48.8 Å². The molecule has 0 aliphatic rings. The highest BCUT2D eigenvalue weighted by molar-refractivity contribution is 5.80. The molecule has 0 spiro atoms. The van der Waals surface area contributed by atoms with Gasteiger partial charge in [-0.25, -0.2) is 0 Å². The van der Waals surface area contributed by atoms with Gasteiger partial charge in [-0.3, -0.25) is 4.98 Å². The standard InChI is InChI=1S/C17H19N/c1-13(2)17-9-10-18-12-16(17)11-14(3)15-7-5-4-6-8-15/h4-13H,1-3H3/b14-11+. The number of rotatable bonds is 3. The second-order valence-corrected chi connectivity index (χ2v) is 4.85. The Morgan fingerprint density at radius 2 is 1.83 bits per heavy atom. The number of aromatic nitrogens is 1. The molecule has 0 atom stereocenters. The maximum Gasteiger partial charge on any atom is 0.0343 e. The Hall–Kier alpha value is -1.89. The van der Waals surface area contributed by atoms with Gasteiger partial charge in [-0.05, 0) is 47.2 Å². The van der Waals surface area contributed by atoms with E-state index in [9.17, 15) is 0 Å². The summed E-state index contributed by atoms with van der Waals surface area (Å²) in [6, 6.07) is 12.6. The molecule has 2 rings (SSSR count). The Balaban J connectivity index is 2.39. The summed E-state index contributed by atoms with van der Waals surface area (Å²) in [6.07, 6.45) is 6.03. The third-order valence-electron chi connectivity index (χ3n) is 3.11. The van der Waals surface area contributed by atoms with Gasteiger partial charge in [0.2, 0.25) is 0 Å². The fraction of sp³-hybridized carbons (Fsp3) is 0.235. The summed E-state index contributed by atoms with van der Waals surface area (Å²) < 4.78 is 0. The van der Waals surface area contributed by atoms with Crippen molar-refractivity contribution in [3.8, 4) is 0 Å². The quantitative estimate of drug-likeness (QED) is 0.749. The van der Waals surface area contributed by atoms with Crippen molar-refractivity contribution in [1.29, 1.82) is 0 Å². The summed E-state index contributed by atoms with van der Waals surface area (Å²) in [4.78, 5) is 4.23. The molecule has 1 nitrogen and oxygen atoms in total. The Morgan fingerprint density at radius 1 is 1.11 bits per heavy atom. The Bertz CT molecular complexity index is 539. The van der Waals surface area contributed by atoms with E-state index in [1.165, 1.54) is 22.3 Å². The van der Waals surface area contributed by atoms with Crippen LogP contribution in [0.3, 0.4) is 0 Å². The van der Waals surface area contributed by atoms with Crippen molar-refractivity contribution in [3.63, 3.8) is 0 Å². The van der Waals surface area contributed by atoms with Gasteiger partial charge in [0.25, 0.3) is 0 Å². The molecule has 1 aromatic heterocycles. The molecule has 0 aliphatic carbocycles. The maximum absolute atomic E-state index is 4.23. The SMILES string of the molecule is C/C(=C\c1cnccc1C(C)C)c1ccccc1. The van der Waals surface area contributed by atoms with Crippen LogP contribution in [0.25, 0.3) is 11.6 Å². The van der Waals surface area contributed by atoms with Gasteiger partial charge >= 0.3 is 0 Å². The van der Waals surface area contributed by atoms with E-state index in [2.05, 4.69) is 62.2 Å². The first-order valence-corrected chi connectivity index (χ1v) is 6.36. The average molecular weight is 237 g/mol. The first-order chi connectivity index (χ1) is 8.68. The minimum absolute atomic E-state index is 0.517. The van der Waals surface area contributed by atoms with Crippen molar-refractivity contribution in [3.05, 3.63) is 65.5 Å². The fourth-order valence-corrected chi connectivity index (χ4v) is 2.08. The molecule has 0 amide bonds. The molecule has 0 saturated carbocycles. The number of pyridine rings is 1. The van der Waals surface area contributed by atoms with E-state index in [1.807, 2.05) is 18.5 Å². The summed E-state index contributed by atoms with van der Waals surface area (Å²) in [7, 11) is 0. The molecular formula is C17H19N. The second kappa shape index (κ2) is 5.63. The van der Waals surface area contributed by atoms with Gasteiger partial charge in [0.05, 0.1) is 0 Å². The molecule has 1 heteroatoms. The molecule has 2 aromatic rings. The van der Waals surface area contributed by atoms with Crippen LogP contribution in [0.5, 0.6) is 0 Å². The highest BCUT2D eigenvalue weighted by atomic mass is 14.6. The second-order valence-electron chi connectivity index (χ2n) is 4.85. The summed E-state index contributed by atoms with van der Waals surface area (Å²) in [5.74, 6) is 0.517. The number of benzene rings is 1. The molecular weight excluding hydrogens is 218 g/mol. The summed E-state index contributed by atoms with van der Waals surface area (Å²) in [5.41, 5.74) is 5.09. The van der Waals surface area contributed by atoms with Gasteiger partial charge in [-0.2, -0.15) is 0 Å². The van der Waals surface area contributed by atoms with E-state index in [0.717, 1.165) is 0 Å². The predicted octanol–water partition coefficient (Wildman–Crippen LogP) is 4.77. The number of hydrogen-bond acceptors (Lipinski definition) is 1. The number of nitrogens with zero attached hydrogens (tertiary/aromatic N) is 1. The van der Waals surface area contributed by atoms with Crippen molar-refractivity contribution >= 4 is 11.6 Å². The summed E-state index contributed by atoms with van der Waals surface area (Å²) in [5, 5.41) is 0. The molecule has 0 unspecified atom stereocenters. The van der Waals surface area contributed by atoms with Crippen LogP contribution >= 0.6 is 0 Å². The van der Waals surface area contributed by atoms with E-state index in [1.54, 1.807) is 0 Å². The zero-order valence-corrected chi connectivity index (χ0v) is 11.2. The van der Waals surface area contributed by atoms with Crippen molar-refractivity contribution in [1.82, 2.24) is 4.98 Å². The molecule has 0 aliphatic heterocycles. The fourth-order valence-electron chi connectivity index (χ4n) is 2.08. The lowest BCUT2D eigenvalue weighted by molar-refractivity contribution is 0.860. The van der Waals surface area contributed by atoms with Gasteiger partial charge in [-0.15, -0.1) is 0 Å². The van der Waals surface area contributed by atoms with Gasteiger partial charge < -0.3 is 0 Å². The normalized spacial score (nSPS) is 11.9. The van der Waals surface area contributed by atoms with Crippen molar-refractivity contribution in [2.75, 3.05) is 0 Å². The van der Waals surface area contributed by atoms with E-state index in [4.69, 9.17) is 0 Å². The Kier molecular flexibility index (Phi) is 3.93. The van der Waals surface area contributed by atoms with Crippen molar-refractivity contribution < 1.29 is 0 Å². The largest absolute Gasteiger partial charge is 0.264 e. The zero-order valence-electron chi connectivity index (χ0n) is 11.2.